The van der Waals surface area contributed by atoms with Gasteiger partial charge >= 0.3 is 5.69 Å². The van der Waals surface area contributed by atoms with Gasteiger partial charge in [0.2, 0.25) is 5.82 Å². The molecule has 0 saturated carbocycles. The van der Waals surface area contributed by atoms with E-state index in [-0.39, 0.29) is 5.69 Å². The van der Waals surface area contributed by atoms with E-state index in [0.717, 1.165) is 5.56 Å². The van der Waals surface area contributed by atoms with E-state index >= 15 is 0 Å². The molecule has 1 aromatic carbocycles. The molecule has 1 N–H and O–H groups in total. The second kappa shape index (κ2) is 7.46. The molecule has 0 saturated heterocycles. The molecule has 0 amide bonds. The first-order valence-electron chi connectivity index (χ1n) is 7.53. The number of benzene rings is 1. The van der Waals surface area contributed by atoms with Crippen molar-refractivity contribution >= 4 is 11.5 Å². The molecular weight excluding hydrogens is 310 g/mol. The first-order valence-corrected chi connectivity index (χ1v) is 7.53. The van der Waals surface area contributed by atoms with Crippen LogP contribution in [0.1, 0.15) is 24.6 Å². The lowest BCUT2D eigenvalue weighted by molar-refractivity contribution is -0.384. The number of hydrogen-bond donors (Lipinski definition) is 1. The Balaban J connectivity index is 2.13. The van der Waals surface area contributed by atoms with Crippen LogP contribution in [0.5, 0.6) is 5.75 Å². The highest BCUT2D eigenvalue weighted by molar-refractivity contribution is 5.59. The lowest BCUT2D eigenvalue weighted by atomic mass is 10.2. The maximum absolute atomic E-state index is 11.2. The van der Waals surface area contributed by atoms with Gasteiger partial charge in [-0.05, 0) is 31.0 Å². The number of aryl methyl sites for hydroxylation is 2. The van der Waals surface area contributed by atoms with Crippen molar-refractivity contribution in [2.45, 2.75) is 32.9 Å². The fourth-order valence-corrected chi connectivity index (χ4v) is 2.34. The first kappa shape index (κ1) is 17.3. The Kier molecular flexibility index (Phi) is 5.37. The van der Waals surface area contributed by atoms with Gasteiger partial charge in [0.15, 0.2) is 6.10 Å². The van der Waals surface area contributed by atoms with E-state index in [1.54, 1.807) is 20.0 Å². The fourth-order valence-electron chi connectivity index (χ4n) is 2.34. The van der Waals surface area contributed by atoms with Gasteiger partial charge in [0.25, 0.3) is 0 Å². The van der Waals surface area contributed by atoms with E-state index in [0.29, 0.717) is 30.2 Å². The minimum atomic E-state index is -0.492. The molecule has 0 aliphatic heterocycles. The van der Waals surface area contributed by atoms with Gasteiger partial charge in [0.05, 0.1) is 4.92 Å². The summed E-state index contributed by atoms with van der Waals surface area (Å²) in [5.74, 6) is 0.950. The molecule has 8 nitrogen and oxygen atoms in total. The van der Waals surface area contributed by atoms with Gasteiger partial charge in [0.1, 0.15) is 17.5 Å². The Morgan fingerprint density at radius 2 is 2.29 bits per heavy atom. The topological polar surface area (TPSA) is 106 Å². The molecule has 0 spiro atoms. The number of anilines is 1. The number of nitrogens with one attached hydrogen (secondary N) is 1. The quantitative estimate of drug-likeness (QED) is 0.618. The first-order chi connectivity index (χ1) is 11.5. The van der Waals surface area contributed by atoms with Crippen LogP contribution in [0.25, 0.3) is 0 Å². The Labute approximate surface area is 139 Å². The van der Waals surface area contributed by atoms with Crippen LogP contribution in [0, 0.1) is 28.4 Å². The molecule has 8 heteroatoms. The van der Waals surface area contributed by atoms with Crippen LogP contribution in [0.15, 0.2) is 24.3 Å². The maximum Gasteiger partial charge on any atom is 0.333 e. The van der Waals surface area contributed by atoms with Crippen LogP contribution in [0.2, 0.25) is 0 Å². The van der Waals surface area contributed by atoms with Crippen LogP contribution in [0.3, 0.4) is 0 Å². The van der Waals surface area contributed by atoms with Crippen molar-refractivity contribution in [2.24, 2.45) is 7.05 Å². The second-order valence-electron chi connectivity index (χ2n) is 5.31. The second-order valence-corrected chi connectivity index (χ2v) is 5.31. The van der Waals surface area contributed by atoms with E-state index < -0.39 is 11.0 Å². The summed E-state index contributed by atoms with van der Waals surface area (Å²) in [5.41, 5.74) is 1.22. The predicted molar refractivity (Wildman–Crippen MR) is 88.7 cm³/mol. The zero-order valence-electron chi connectivity index (χ0n) is 13.8. The largest absolute Gasteiger partial charge is 0.476 e. The van der Waals surface area contributed by atoms with Crippen LogP contribution >= 0.6 is 0 Å². The third-order valence-corrected chi connectivity index (χ3v) is 3.52. The molecule has 2 rings (SSSR count). The van der Waals surface area contributed by atoms with E-state index in [9.17, 15) is 10.1 Å². The molecule has 2 aromatic rings. The zero-order valence-corrected chi connectivity index (χ0v) is 13.8. The lowest BCUT2D eigenvalue weighted by Crippen LogP contribution is -2.12. The summed E-state index contributed by atoms with van der Waals surface area (Å²) < 4.78 is 7.04. The van der Waals surface area contributed by atoms with Gasteiger partial charge in [-0.15, -0.1) is 0 Å². The Bertz CT molecular complexity index is 779. The third-order valence-electron chi connectivity index (χ3n) is 3.52. The number of nitro groups is 1. The van der Waals surface area contributed by atoms with Crippen LogP contribution < -0.4 is 10.1 Å². The Hall–Kier alpha value is -3.08. The van der Waals surface area contributed by atoms with Crippen molar-refractivity contribution < 1.29 is 9.66 Å². The molecular formula is C16H19N5O3. The fraction of sp³-hybridized carbons (Fsp3) is 0.375. The molecule has 1 aromatic heterocycles. The van der Waals surface area contributed by atoms with E-state index in [1.165, 1.54) is 4.68 Å². The van der Waals surface area contributed by atoms with Crippen molar-refractivity contribution in [1.29, 1.82) is 5.26 Å². The average molecular weight is 329 g/mol. The lowest BCUT2D eigenvalue weighted by Gasteiger charge is -2.12. The van der Waals surface area contributed by atoms with Gasteiger partial charge in [-0.25, -0.2) is 4.68 Å². The maximum atomic E-state index is 11.2. The van der Waals surface area contributed by atoms with Gasteiger partial charge < -0.3 is 10.1 Å². The molecule has 0 aliphatic rings. The monoisotopic (exact) mass is 329 g/mol. The molecule has 0 fully saturated rings. The molecule has 24 heavy (non-hydrogen) atoms. The van der Waals surface area contributed by atoms with Crippen LogP contribution in [0.4, 0.5) is 11.5 Å². The number of aromatic nitrogens is 2. The molecule has 1 atom stereocenters. The molecule has 0 radical (unpaired) electrons. The number of ether oxygens (including phenoxy) is 1. The number of rotatable bonds is 7. The van der Waals surface area contributed by atoms with Crippen LogP contribution in [-0.4, -0.2) is 20.8 Å². The summed E-state index contributed by atoms with van der Waals surface area (Å²) >= 11 is 0. The van der Waals surface area contributed by atoms with E-state index in [2.05, 4.69) is 16.5 Å². The Morgan fingerprint density at radius 1 is 1.54 bits per heavy atom. The van der Waals surface area contributed by atoms with Crippen molar-refractivity contribution in [3.8, 4) is 11.8 Å². The standard InChI is InChI=1S/C16H19N5O3/c1-4-13(9-17)24-14-7-5-6-12(8-14)10-18-16-15(21(22)23)11(2)19-20(16)3/h5-8,13,18H,4,10H2,1-3H3. The SMILES string of the molecule is CCC(C#N)Oc1cccc(CNc2c([N+](=O)[O-])c(C)nn2C)c1. The van der Waals surface area contributed by atoms with Crippen molar-refractivity contribution in [3.63, 3.8) is 0 Å². The summed E-state index contributed by atoms with van der Waals surface area (Å²) in [6, 6.07) is 9.36. The van der Waals surface area contributed by atoms with E-state index in [1.807, 2.05) is 25.1 Å². The minimum Gasteiger partial charge on any atom is -0.476 e. The highest BCUT2D eigenvalue weighted by Gasteiger charge is 2.23. The third kappa shape index (κ3) is 3.81. The summed E-state index contributed by atoms with van der Waals surface area (Å²) in [6.45, 7) is 3.86. The number of nitrogens with zero attached hydrogens (tertiary/aromatic N) is 4. The van der Waals surface area contributed by atoms with Gasteiger partial charge in [-0.1, -0.05) is 19.1 Å². The number of hydrogen-bond acceptors (Lipinski definition) is 6. The van der Waals surface area contributed by atoms with Crippen LogP contribution in [-0.2, 0) is 13.6 Å². The molecule has 0 aliphatic carbocycles. The highest BCUT2D eigenvalue weighted by Crippen LogP contribution is 2.28. The average Bonchev–Trinajstić information content (AvgIpc) is 2.84. The summed E-state index contributed by atoms with van der Waals surface area (Å²) in [7, 11) is 1.65. The summed E-state index contributed by atoms with van der Waals surface area (Å²) in [5, 5.41) is 27.3. The molecule has 1 heterocycles. The number of nitriles is 1. The molecule has 1 unspecified atom stereocenters. The zero-order chi connectivity index (χ0) is 17.7. The van der Waals surface area contributed by atoms with Crippen molar-refractivity contribution in [2.75, 3.05) is 5.32 Å². The van der Waals surface area contributed by atoms with Gasteiger partial charge in [-0.2, -0.15) is 10.4 Å². The minimum absolute atomic E-state index is 0.0274. The van der Waals surface area contributed by atoms with Crippen molar-refractivity contribution in [1.82, 2.24) is 9.78 Å². The normalized spacial score (nSPS) is 11.6. The molecule has 126 valence electrons. The van der Waals surface area contributed by atoms with Gasteiger partial charge in [0, 0.05) is 13.6 Å². The van der Waals surface area contributed by atoms with Crippen molar-refractivity contribution in [3.05, 3.63) is 45.6 Å². The van der Waals surface area contributed by atoms with Gasteiger partial charge in [-0.3, -0.25) is 10.1 Å². The molecule has 0 bridgehead atoms. The Morgan fingerprint density at radius 3 is 2.92 bits per heavy atom. The highest BCUT2D eigenvalue weighted by atomic mass is 16.6. The summed E-state index contributed by atoms with van der Waals surface area (Å²) in [6.07, 6.45) is 0.105. The smallest absolute Gasteiger partial charge is 0.333 e. The summed E-state index contributed by atoms with van der Waals surface area (Å²) in [4.78, 5) is 10.7. The predicted octanol–water partition coefficient (Wildman–Crippen LogP) is 2.93. The van der Waals surface area contributed by atoms with E-state index in [4.69, 9.17) is 10.00 Å².